The molecule has 2 heterocycles. The lowest BCUT2D eigenvalue weighted by Gasteiger charge is -2.26. The molecule has 0 radical (unpaired) electrons. The van der Waals surface area contributed by atoms with E-state index in [1.807, 2.05) is 0 Å². The van der Waals surface area contributed by atoms with Crippen molar-refractivity contribution in [3.05, 3.63) is 46.7 Å². The molecule has 0 saturated carbocycles. The van der Waals surface area contributed by atoms with Crippen molar-refractivity contribution in [2.75, 3.05) is 40.4 Å². The topological polar surface area (TPSA) is 123 Å². The number of benzene rings is 1. The summed E-state index contributed by atoms with van der Waals surface area (Å²) in [6.45, 7) is 0.633. The first-order valence-corrected chi connectivity index (χ1v) is 12.3. The molecule has 13 heteroatoms. The van der Waals surface area contributed by atoms with Gasteiger partial charge in [0.05, 0.1) is 28.7 Å². The minimum atomic E-state index is -3.83. The molecule has 2 aromatic rings. The Morgan fingerprint density at radius 3 is 2.45 bits per heavy atom. The van der Waals surface area contributed by atoms with Gasteiger partial charge in [0.2, 0.25) is 15.1 Å². The lowest BCUT2D eigenvalue weighted by atomic mass is 10.2. The molecule has 1 saturated heterocycles. The van der Waals surface area contributed by atoms with Crippen LogP contribution in [0.4, 0.5) is 0 Å². The van der Waals surface area contributed by atoms with Crippen LogP contribution in [0.2, 0.25) is 5.02 Å². The van der Waals surface area contributed by atoms with Gasteiger partial charge in [0.15, 0.2) is 0 Å². The number of furan rings is 1. The summed E-state index contributed by atoms with van der Waals surface area (Å²) in [6, 6.07) is 6.39. The summed E-state index contributed by atoms with van der Waals surface area (Å²) >= 11 is 6.07. The smallest absolute Gasteiger partial charge is 0.340 e. The fraction of sp³-hybridized carbons (Fsp3) is 0.389. The first kappa shape index (κ1) is 23.7. The average Bonchev–Trinajstić information content (AvgIpc) is 3.22. The molecule has 0 amide bonds. The number of sulfonamides is 2. The minimum Gasteiger partial charge on any atom is -0.454 e. The molecule has 31 heavy (non-hydrogen) atoms. The van der Waals surface area contributed by atoms with Gasteiger partial charge in [0, 0.05) is 27.2 Å². The lowest BCUT2D eigenvalue weighted by molar-refractivity contribution is 0.0440. The van der Waals surface area contributed by atoms with Crippen LogP contribution in [0, 0.1) is 0 Å². The molecular weight excluding hydrogens is 472 g/mol. The molecule has 170 valence electrons. The third-order valence-electron chi connectivity index (χ3n) is 4.48. The highest BCUT2D eigenvalue weighted by Crippen LogP contribution is 2.25. The molecule has 1 fully saturated rings. The first-order chi connectivity index (χ1) is 14.5. The standard InChI is InChI=1S/C18H21ClN2O8S2/c1-20(2)31(25,26)17-6-3-13(29-17)12-28-18(22)15-11-14(4-5-16(15)19)30(23,24)21-7-9-27-10-8-21/h3-6,11H,7-10,12H2,1-2H3. The van der Waals surface area contributed by atoms with Crippen LogP contribution < -0.4 is 0 Å². The number of nitrogens with zero attached hydrogens (tertiary/aromatic N) is 2. The maximum Gasteiger partial charge on any atom is 0.340 e. The molecule has 0 unspecified atom stereocenters. The number of carbonyl (C=O) groups excluding carboxylic acids is 1. The van der Waals surface area contributed by atoms with E-state index in [4.69, 9.17) is 25.5 Å². The molecule has 0 spiro atoms. The van der Waals surface area contributed by atoms with Crippen molar-refractivity contribution in [1.82, 2.24) is 8.61 Å². The molecule has 0 aliphatic carbocycles. The summed E-state index contributed by atoms with van der Waals surface area (Å²) < 4.78 is 67.5. The largest absolute Gasteiger partial charge is 0.454 e. The second-order valence-electron chi connectivity index (χ2n) is 6.74. The molecule has 0 N–H and O–H groups in total. The number of ether oxygens (including phenoxy) is 2. The fourth-order valence-corrected chi connectivity index (χ4v) is 5.17. The van der Waals surface area contributed by atoms with Gasteiger partial charge in [-0.25, -0.2) is 25.9 Å². The van der Waals surface area contributed by atoms with E-state index in [9.17, 15) is 21.6 Å². The zero-order chi connectivity index (χ0) is 22.8. The lowest BCUT2D eigenvalue weighted by Crippen LogP contribution is -2.40. The number of morpholine rings is 1. The average molecular weight is 493 g/mol. The summed E-state index contributed by atoms with van der Waals surface area (Å²) in [5, 5.41) is -0.276. The minimum absolute atomic E-state index is 0.0150. The molecule has 0 bridgehead atoms. The Balaban J connectivity index is 1.75. The third kappa shape index (κ3) is 5.10. The van der Waals surface area contributed by atoms with Gasteiger partial charge in [0.1, 0.15) is 12.4 Å². The van der Waals surface area contributed by atoms with E-state index in [2.05, 4.69) is 0 Å². The summed E-state index contributed by atoms with van der Waals surface area (Å²) in [4.78, 5) is 12.4. The molecule has 1 aromatic heterocycles. The zero-order valence-electron chi connectivity index (χ0n) is 16.8. The van der Waals surface area contributed by atoms with E-state index < -0.39 is 26.0 Å². The monoisotopic (exact) mass is 492 g/mol. The van der Waals surface area contributed by atoms with Crippen molar-refractivity contribution in [1.29, 1.82) is 0 Å². The molecule has 1 aliphatic heterocycles. The van der Waals surface area contributed by atoms with Gasteiger partial charge in [0.25, 0.3) is 10.0 Å². The second-order valence-corrected chi connectivity index (χ2v) is 11.2. The van der Waals surface area contributed by atoms with Gasteiger partial charge < -0.3 is 13.9 Å². The summed E-state index contributed by atoms with van der Waals surface area (Å²) in [6.07, 6.45) is 0. The van der Waals surface area contributed by atoms with Gasteiger partial charge in [-0.15, -0.1) is 0 Å². The molecule has 10 nitrogen and oxygen atoms in total. The number of hydrogen-bond acceptors (Lipinski definition) is 8. The van der Waals surface area contributed by atoms with Crippen LogP contribution in [-0.4, -0.2) is 71.8 Å². The van der Waals surface area contributed by atoms with Crippen LogP contribution >= 0.6 is 11.6 Å². The van der Waals surface area contributed by atoms with Crippen LogP contribution in [0.5, 0.6) is 0 Å². The van der Waals surface area contributed by atoms with Gasteiger partial charge in [-0.05, 0) is 30.3 Å². The Morgan fingerprint density at radius 1 is 1.13 bits per heavy atom. The normalized spacial score (nSPS) is 15.9. The van der Waals surface area contributed by atoms with Crippen molar-refractivity contribution in [3.8, 4) is 0 Å². The van der Waals surface area contributed by atoms with Crippen LogP contribution in [0.25, 0.3) is 0 Å². The Morgan fingerprint density at radius 2 is 1.81 bits per heavy atom. The van der Waals surface area contributed by atoms with E-state index in [0.29, 0.717) is 0 Å². The van der Waals surface area contributed by atoms with Crippen LogP contribution in [-0.2, 0) is 36.1 Å². The number of hydrogen-bond donors (Lipinski definition) is 0. The van der Waals surface area contributed by atoms with Crippen molar-refractivity contribution < 1.29 is 35.5 Å². The Labute approximate surface area is 185 Å². The predicted octanol–water partition coefficient (Wildman–Crippen LogP) is 1.56. The van der Waals surface area contributed by atoms with Gasteiger partial charge >= 0.3 is 5.97 Å². The first-order valence-electron chi connectivity index (χ1n) is 9.09. The van der Waals surface area contributed by atoms with Gasteiger partial charge in [-0.3, -0.25) is 0 Å². The highest BCUT2D eigenvalue weighted by molar-refractivity contribution is 7.89. The number of esters is 1. The second kappa shape index (κ2) is 9.27. The summed E-state index contributed by atoms with van der Waals surface area (Å²) in [5.74, 6) is -0.778. The zero-order valence-corrected chi connectivity index (χ0v) is 19.2. The third-order valence-corrected chi connectivity index (χ3v) is 8.40. The maximum atomic E-state index is 12.8. The highest BCUT2D eigenvalue weighted by atomic mass is 35.5. The van der Waals surface area contributed by atoms with Crippen LogP contribution in [0.1, 0.15) is 16.1 Å². The number of halogens is 1. The highest BCUT2D eigenvalue weighted by Gasteiger charge is 2.28. The quantitative estimate of drug-likeness (QED) is 0.533. The van der Waals surface area contributed by atoms with Crippen molar-refractivity contribution in [2.45, 2.75) is 16.6 Å². The van der Waals surface area contributed by atoms with Crippen molar-refractivity contribution in [3.63, 3.8) is 0 Å². The molecule has 1 aromatic carbocycles. The molecular formula is C18H21ClN2O8S2. The Hall–Kier alpha value is -1.96. The summed E-state index contributed by atoms with van der Waals surface area (Å²) in [5.41, 5.74) is -0.135. The number of rotatable bonds is 7. The summed E-state index contributed by atoms with van der Waals surface area (Å²) in [7, 11) is -4.87. The van der Waals surface area contributed by atoms with Crippen molar-refractivity contribution >= 4 is 37.6 Å². The number of carbonyl (C=O) groups is 1. The van der Waals surface area contributed by atoms with Crippen LogP contribution in [0.3, 0.4) is 0 Å². The predicted molar refractivity (Wildman–Crippen MR) is 110 cm³/mol. The van der Waals surface area contributed by atoms with Gasteiger partial charge in [-0.2, -0.15) is 4.31 Å². The molecule has 3 rings (SSSR count). The maximum absolute atomic E-state index is 12.8. The van der Waals surface area contributed by atoms with Crippen LogP contribution in [0.15, 0.2) is 44.7 Å². The van der Waals surface area contributed by atoms with E-state index in [-0.39, 0.29) is 59.2 Å². The molecule has 1 aliphatic rings. The molecule has 0 atom stereocenters. The van der Waals surface area contributed by atoms with Gasteiger partial charge in [-0.1, -0.05) is 11.6 Å². The Bertz CT molecular complexity index is 1170. The van der Waals surface area contributed by atoms with E-state index in [0.717, 1.165) is 10.4 Å². The Kier molecular flexibility index (Phi) is 7.08. The van der Waals surface area contributed by atoms with E-state index in [1.54, 1.807) is 0 Å². The van der Waals surface area contributed by atoms with Crippen molar-refractivity contribution in [2.24, 2.45) is 0 Å². The van der Waals surface area contributed by atoms with E-state index in [1.165, 1.54) is 42.7 Å². The van der Waals surface area contributed by atoms with E-state index >= 15 is 0 Å². The fourth-order valence-electron chi connectivity index (χ4n) is 2.73. The SMILES string of the molecule is CN(C)S(=O)(=O)c1ccc(COC(=O)c2cc(S(=O)(=O)N3CCOCC3)ccc2Cl)o1.